The number of hydrogen-bond donors (Lipinski definition) is 2. The average molecular weight is 322 g/mol. The summed E-state index contributed by atoms with van der Waals surface area (Å²) in [4.78, 5) is 12.0. The molecule has 86 valence electrons. The quantitative estimate of drug-likeness (QED) is 0.838. The van der Waals surface area contributed by atoms with Gasteiger partial charge in [-0.2, -0.15) is 0 Å². The first-order valence-electron chi connectivity index (χ1n) is 4.51. The molecular formula is C10H10BrClN2OS. The summed E-state index contributed by atoms with van der Waals surface area (Å²) < 4.78 is 0.763. The Morgan fingerprint density at radius 1 is 1.50 bits per heavy atom. The van der Waals surface area contributed by atoms with Gasteiger partial charge in [-0.1, -0.05) is 39.7 Å². The second-order valence-electron chi connectivity index (χ2n) is 3.13. The molecule has 3 nitrogen and oxygen atoms in total. The summed E-state index contributed by atoms with van der Waals surface area (Å²) in [6.07, 6.45) is 0.489. The Balaban J connectivity index is 2.62. The first-order valence-corrected chi connectivity index (χ1v) is 6.09. The minimum atomic E-state index is -0.195. The second kappa shape index (κ2) is 6.18. The molecule has 0 fully saturated rings. The summed E-state index contributed by atoms with van der Waals surface area (Å²) in [5.41, 5.74) is 5.82. The molecule has 0 aliphatic carbocycles. The van der Waals surface area contributed by atoms with Crippen LogP contribution in [0.15, 0.2) is 22.7 Å². The van der Waals surface area contributed by atoms with Gasteiger partial charge in [0.2, 0.25) is 0 Å². The summed E-state index contributed by atoms with van der Waals surface area (Å²) in [5, 5.41) is 3.21. The topological polar surface area (TPSA) is 55.1 Å². The summed E-state index contributed by atoms with van der Waals surface area (Å²) in [7, 11) is 0. The monoisotopic (exact) mass is 320 g/mol. The van der Waals surface area contributed by atoms with E-state index in [9.17, 15) is 4.79 Å². The second-order valence-corrected chi connectivity index (χ2v) is 5.01. The van der Waals surface area contributed by atoms with Crippen molar-refractivity contribution in [2.75, 3.05) is 6.54 Å². The number of benzene rings is 1. The number of halogens is 2. The molecule has 0 bridgehead atoms. The predicted molar refractivity (Wildman–Crippen MR) is 72.9 cm³/mol. The third-order valence-electron chi connectivity index (χ3n) is 1.78. The van der Waals surface area contributed by atoms with Gasteiger partial charge in [0, 0.05) is 28.0 Å². The van der Waals surface area contributed by atoms with Gasteiger partial charge in [-0.05, 0) is 18.2 Å². The van der Waals surface area contributed by atoms with E-state index in [0.29, 0.717) is 28.5 Å². The van der Waals surface area contributed by atoms with Gasteiger partial charge in [-0.25, -0.2) is 0 Å². The standard InChI is InChI=1S/C10H10BrClN2OS/c11-7-3-6(4-8(12)5-7)10(15)14-2-1-9(13)16/h3-5H,1-2H2,(H2,13,16)(H,14,15). The first kappa shape index (κ1) is 13.4. The lowest BCUT2D eigenvalue weighted by Gasteiger charge is -2.05. The molecule has 0 aromatic heterocycles. The molecule has 0 unspecified atom stereocenters. The molecule has 0 spiro atoms. The largest absolute Gasteiger partial charge is 0.393 e. The lowest BCUT2D eigenvalue weighted by Crippen LogP contribution is -2.27. The smallest absolute Gasteiger partial charge is 0.251 e. The molecule has 1 aromatic rings. The lowest BCUT2D eigenvalue weighted by atomic mass is 10.2. The highest BCUT2D eigenvalue weighted by molar-refractivity contribution is 9.10. The zero-order valence-electron chi connectivity index (χ0n) is 8.30. The highest BCUT2D eigenvalue weighted by Gasteiger charge is 2.06. The lowest BCUT2D eigenvalue weighted by molar-refractivity contribution is 0.0955. The number of carbonyl (C=O) groups is 1. The summed E-state index contributed by atoms with van der Waals surface area (Å²) in [6.45, 7) is 0.429. The van der Waals surface area contributed by atoms with E-state index in [2.05, 4.69) is 21.2 Å². The van der Waals surface area contributed by atoms with E-state index < -0.39 is 0 Å². The minimum Gasteiger partial charge on any atom is -0.393 e. The molecule has 0 radical (unpaired) electrons. The van der Waals surface area contributed by atoms with Crippen LogP contribution >= 0.6 is 39.7 Å². The molecule has 16 heavy (non-hydrogen) atoms. The third kappa shape index (κ3) is 4.47. The number of carbonyl (C=O) groups excluding carboxylic acids is 1. The predicted octanol–water partition coefficient (Wildman–Crippen LogP) is 2.51. The van der Waals surface area contributed by atoms with E-state index in [1.54, 1.807) is 18.2 Å². The van der Waals surface area contributed by atoms with E-state index in [0.717, 1.165) is 4.47 Å². The third-order valence-corrected chi connectivity index (χ3v) is 2.66. The van der Waals surface area contributed by atoms with Gasteiger partial charge >= 0.3 is 0 Å². The van der Waals surface area contributed by atoms with E-state index >= 15 is 0 Å². The fraction of sp³-hybridized carbons (Fsp3) is 0.200. The number of rotatable bonds is 4. The van der Waals surface area contributed by atoms with E-state index in [4.69, 9.17) is 29.6 Å². The zero-order chi connectivity index (χ0) is 12.1. The Morgan fingerprint density at radius 2 is 2.19 bits per heavy atom. The van der Waals surface area contributed by atoms with E-state index in [1.807, 2.05) is 0 Å². The average Bonchev–Trinajstić information content (AvgIpc) is 2.15. The maximum atomic E-state index is 11.7. The van der Waals surface area contributed by atoms with Crippen molar-refractivity contribution in [2.24, 2.45) is 5.73 Å². The summed E-state index contributed by atoms with van der Waals surface area (Å²) in [6, 6.07) is 5.01. The van der Waals surface area contributed by atoms with Crippen LogP contribution in [0, 0.1) is 0 Å². The molecule has 1 rings (SSSR count). The fourth-order valence-electron chi connectivity index (χ4n) is 1.09. The van der Waals surface area contributed by atoms with Gasteiger partial charge in [0.15, 0.2) is 0 Å². The molecule has 0 saturated carbocycles. The van der Waals surface area contributed by atoms with Crippen LogP contribution in [0.4, 0.5) is 0 Å². The molecule has 3 N–H and O–H groups in total. The molecule has 6 heteroatoms. The summed E-state index contributed by atoms with van der Waals surface area (Å²) >= 11 is 13.8. The maximum absolute atomic E-state index is 11.7. The Labute approximate surface area is 112 Å². The maximum Gasteiger partial charge on any atom is 0.251 e. The molecule has 0 aliphatic heterocycles. The Bertz CT molecular complexity index is 405. The molecule has 0 atom stereocenters. The van der Waals surface area contributed by atoms with Crippen molar-refractivity contribution in [1.82, 2.24) is 5.32 Å². The number of thiocarbonyl (C=S) groups is 1. The van der Waals surface area contributed by atoms with E-state index in [1.165, 1.54) is 0 Å². The van der Waals surface area contributed by atoms with Gasteiger partial charge in [0.05, 0.1) is 4.99 Å². The van der Waals surface area contributed by atoms with Crippen LogP contribution in [-0.2, 0) is 0 Å². The number of hydrogen-bond acceptors (Lipinski definition) is 2. The van der Waals surface area contributed by atoms with Crippen molar-refractivity contribution in [3.8, 4) is 0 Å². The van der Waals surface area contributed by atoms with Crippen LogP contribution < -0.4 is 11.1 Å². The van der Waals surface area contributed by atoms with Gasteiger partial charge in [-0.15, -0.1) is 0 Å². The Hall–Kier alpha value is -0.650. The first-order chi connectivity index (χ1) is 7.49. The Morgan fingerprint density at radius 3 is 2.75 bits per heavy atom. The van der Waals surface area contributed by atoms with Crippen molar-refractivity contribution < 1.29 is 4.79 Å². The van der Waals surface area contributed by atoms with Gasteiger partial charge < -0.3 is 11.1 Å². The van der Waals surface area contributed by atoms with Crippen LogP contribution in [0.3, 0.4) is 0 Å². The van der Waals surface area contributed by atoms with E-state index in [-0.39, 0.29) is 5.91 Å². The molecule has 0 heterocycles. The van der Waals surface area contributed by atoms with Crippen LogP contribution in [0.1, 0.15) is 16.8 Å². The minimum absolute atomic E-state index is 0.195. The van der Waals surface area contributed by atoms with Gasteiger partial charge in [0.1, 0.15) is 0 Å². The van der Waals surface area contributed by atoms with Crippen LogP contribution in [0.2, 0.25) is 5.02 Å². The summed E-state index contributed by atoms with van der Waals surface area (Å²) in [5.74, 6) is -0.195. The van der Waals surface area contributed by atoms with Crippen molar-refractivity contribution in [2.45, 2.75) is 6.42 Å². The van der Waals surface area contributed by atoms with Crippen molar-refractivity contribution in [3.05, 3.63) is 33.3 Å². The molecule has 0 aliphatic rings. The molecular weight excluding hydrogens is 312 g/mol. The Kier molecular flexibility index (Phi) is 5.18. The van der Waals surface area contributed by atoms with Crippen LogP contribution in [0.25, 0.3) is 0 Å². The van der Waals surface area contributed by atoms with Crippen molar-refractivity contribution >= 4 is 50.6 Å². The molecule has 1 aromatic carbocycles. The SMILES string of the molecule is NC(=S)CCNC(=O)c1cc(Cl)cc(Br)c1. The van der Waals surface area contributed by atoms with Crippen molar-refractivity contribution in [3.63, 3.8) is 0 Å². The van der Waals surface area contributed by atoms with Crippen LogP contribution in [-0.4, -0.2) is 17.4 Å². The van der Waals surface area contributed by atoms with Crippen molar-refractivity contribution in [1.29, 1.82) is 0 Å². The van der Waals surface area contributed by atoms with Gasteiger partial charge in [-0.3, -0.25) is 4.79 Å². The fourth-order valence-corrected chi connectivity index (χ4v) is 2.05. The van der Waals surface area contributed by atoms with Gasteiger partial charge in [0.25, 0.3) is 5.91 Å². The molecule has 1 amide bonds. The molecule has 0 saturated heterocycles. The number of amides is 1. The highest BCUT2D eigenvalue weighted by atomic mass is 79.9. The number of nitrogens with one attached hydrogen (secondary N) is 1. The normalized spacial score (nSPS) is 9.88. The highest BCUT2D eigenvalue weighted by Crippen LogP contribution is 2.19. The number of nitrogens with two attached hydrogens (primary N) is 1. The van der Waals surface area contributed by atoms with Crippen LogP contribution in [0.5, 0.6) is 0 Å². The zero-order valence-corrected chi connectivity index (χ0v) is 11.5.